The van der Waals surface area contributed by atoms with Crippen molar-refractivity contribution in [2.75, 3.05) is 60.4 Å². The molecule has 3 aliphatic rings. The molecule has 0 spiro atoms. The fraction of sp³-hybridized carbons (Fsp3) is 0.686. The molecule has 2 bridgehead atoms. The molecule has 2 aromatic rings. The van der Waals surface area contributed by atoms with Crippen LogP contribution in [-0.2, 0) is 15.0 Å². The minimum atomic E-state index is -3.45. The first-order valence-corrected chi connectivity index (χ1v) is 18.8. The average Bonchev–Trinajstić information content (AvgIpc) is 3.61. The number of para-hydroxylation sites is 1. The molecule has 1 amide bonds. The summed E-state index contributed by atoms with van der Waals surface area (Å²) in [6, 6.07) is 10.0. The van der Waals surface area contributed by atoms with Crippen molar-refractivity contribution in [1.82, 2.24) is 27.9 Å². The number of aromatic nitrogens is 1. The van der Waals surface area contributed by atoms with Crippen molar-refractivity contribution in [1.29, 1.82) is 0 Å². The maximum absolute atomic E-state index is 13.6. The van der Waals surface area contributed by atoms with Gasteiger partial charge in [-0.3, -0.25) is 19.3 Å². The van der Waals surface area contributed by atoms with Gasteiger partial charge in [0.25, 0.3) is 15.8 Å². The van der Waals surface area contributed by atoms with Gasteiger partial charge in [0.1, 0.15) is 0 Å². The van der Waals surface area contributed by atoms with Crippen molar-refractivity contribution in [3.05, 3.63) is 46.2 Å². The Kier molecular flexibility index (Phi) is 11.5. The van der Waals surface area contributed by atoms with Gasteiger partial charge in [-0.2, -0.15) is 17.0 Å². The van der Waals surface area contributed by atoms with E-state index in [0.717, 1.165) is 43.0 Å². The number of fused-ring (bicyclic) bond motifs is 3. The quantitative estimate of drug-likeness (QED) is 0.301. The highest BCUT2D eigenvalue weighted by Crippen LogP contribution is 2.40. The second kappa shape index (κ2) is 15.1. The highest BCUT2D eigenvalue weighted by atomic mass is 32.2. The molecule has 1 unspecified atom stereocenters. The number of nitrogens with zero attached hydrogens (tertiary/aromatic N) is 6. The molecular weight excluding hydrogens is 632 g/mol. The first-order valence-electron chi connectivity index (χ1n) is 17.4. The lowest BCUT2D eigenvalue weighted by Gasteiger charge is -2.40. The van der Waals surface area contributed by atoms with Crippen LogP contribution in [0.5, 0.6) is 0 Å². The molecule has 1 aromatic heterocycles. The number of hydrogen-bond donors (Lipinski definition) is 1. The smallest absolute Gasteiger partial charge is 0.281 e. The van der Waals surface area contributed by atoms with Crippen molar-refractivity contribution in [3.63, 3.8) is 0 Å². The maximum Gasteiger partial charge on any atom is 0.281 e. The molecule has 4 heterocycles. The summed E-state index contributed by atoms with van der Waals surface area (Å²) in [5.74, 6) is -0.00826. The van der Waals surface area contributed by atoms with Crippen molar-refractivity contribution < 1.29 is 23.1 Å². The lowest BCUT2D eigenvalue weighted by Crippen LogP contribution is -2.50. The van der Waals surface area contributed by atoms with Crippen LogP contribution in [0.15, 0.2) is 35.1 Å². The molecule has 0 saturated carbocycles. The molecule has 13 heteroatoms. The van der Waals surface area contributed by atoms with Gasteiger partial charge in [-0.1, -0.05) is 18.2 Å². The van der Waals surface area contributed by atoms with Gasteiger partial charge in [-0.25, -0.2) is 0 Å². The monoisotopic (exact) mass is 686 g/mol. The number of likely N-dealkylation sites (N-methyl/N-ethyl adjacent to an activating group) is 1. The SMILES string of the molecule is CC(=O)N(CCN(C)[C@@H]1CCN(S(=O)(=O)N(C)C)C1)CC(O)CN1[C@H]2CC[C@H]1CC(CC(=O)c1cc3ccccc3n(C(C)C)c1=O)C2. The van der Waals surface area contributed by atoms with E-state index in [4.69, 9.17) is 0 Å². The molecule has 12 nitrogen and oxygen atoms in total. The molecule has 1 N–H and O–H groups in total. The molecule has 0 radical (unpaired) electrons. The van der Waals surface area contributed by atoms with Crippen LogP contribution in [0.1, 0.15) is 75.7 Å². The highest BCUT2D eigenvalue weighted by molar-refractivity contribution is 7.86. The summed E-state index contributed by atoms with van der Waals surface area (Å²) in [6.07, 6.45) is 4.10. The van der Waals surface area contributed by atoms with E-state index in [0.29, 0.717) is 39.1 Å². The number of aliphatic hydroxyl groups is 1. The number of Topliss-reactive ketones (excluding diaryl/α,β-unsaturated/α-hetero) is 1. The molecule has 3 aliphatic heterocycles. The number of rotatable bonds is 14. The van der Waals surface area contributed by atoms with E-state index in [1.54, 1.807) is 15.5 Å². The van der Waals surface area contributed by atoms with Gasteiger partial charge < -0.3 is 19.5 Å². The molecule has 5 rings (SSSR count). The van der Waals surface area contributed by atoms with E-state index >= 15 is 0 Å². The molecular formula is C35H54N6O6S. The van der Waals surface area contributed by atoms with Crippen LogP contribution in [0, 0.1) is 5.92 Å². The third-order valence-corrected chi connectivity index (χ3v) is 12.7. The van der Waals surface area contributed by atoms with Crippen LogP contribution >= 0.6 is 0 Å². The number of piperidine rings is 1. The lowest BCUT2D eigenvalue weighted by molar-refractivity contribution is -0.130. The second-order valence-electron chi connectivity index (χ2n) is 14.6. The third kappa shape index (κ3) is 7.87. The largest absolute Gasteiger partial charge is 0.390 e. The van der Waals surface area contributed by atoms with Gasteiger partial charge in [0.05, 0.1) is 17.2 Å². The average molecular weight is 687 g/mol. The summed E-state index contributed by atoms with van der Waals surface area (Å²) in [6.45, 7) is 8.07. The first-order chi connectivity index (χ1) is 22.7. The molecule has 4 atom stereocenters. The minimum Gasteiger partial charge on any atom is -0.390 e. The van der Waals surface area contributed by atoms with E-state index in [9.17, 15) is 27.9 Å². The van der Waals surface area contributed by atoms with Crippen LogP contribution in [0.4, 0.5) is 0 Å². The summed E-state index contributed by atoms with van der Waals surface area (Å²) in [5, 5.41) is 12.1. The number of benzene rings is 1. The van der Waals surface area contributed by atoms with E-state index in [1.807, 2.05) is 45.2 Å². The fourth-order valence-electron chi connectivity index (χ4n) is 8.13. The molecule has 0 aliphatic carbocycles. The summed E-state index contributed by atoms with van der Waals surface area (Å²) >= 11 is 0. The highest BCUT2D eigenvalue weighted by Gasteiger charge is 2.42. The topological polar surface area (TPSA) is 127 Å². The van der Waals surface area contributed by atoms with E-state index < -0.39 is 16.3 Å². The summed E-state index contributed by atoms with van der Waals surface area (Å²) < 4.78 is 29.5. The molecule has 1 aromatic carbocycles. The number of amides is 1. The summed E-state index contributed by atoms with van der Waals surface area (Å²) in [5.41, 5.74) is 0.889. The van der Waals surface area contributed by atoms with Gasteiger partial charge in [0, 0.05) is 90.9 Å². The molecule has 266 valence electrons. The predicted molar refractivity (Wildman–Crippen MR) is 187 cm³/mol. The van der Waals surface area contributed by atoms with Crippen molar-refractivity contribution in [3.8, 4) is 0 Å². The number of carbonyl (C=O) groups excluding carboxylic acids is 2. The standard InChI is InChI=1S/C35H54N6O6S/c1-24(2)41-33-10-8-7-9-27(33)20-32(35(41)45)34(44)19-26-17-28-11-12-29(18-26)40(28)23-31(43)22-38(25(3)42)16-15-37(6)30-13-14-39(21-30)48(46,47)36(4)5/h7-10,20,24,26,28-31,43H,11-19,21-23H2,1-6H3/t28-,29-,30+,31?/m0/s1. The van der Waals surface area contributed by atoms with Gasteiger partial charge in [-0.15, -0.1) is 0 Å². The van der Waals surface area contributed by atoms with Gasteiger partial charge in [0.2, 0.25) is 5.91 Å². The Hall–Kier alpha value is -2.68. The zero-order valence-corrected chi connectivity index (χ0v) is 30.2. The van der Waals surface area contributed by atoms with Crippen LogP contribution in [0.2, 0.25) is 0 Å². The third-order valence-electron chi connectivity index (χ3n) is 10.8. The van der Waals surface area contributed by atoms with Gasteiger partial charge >= 0.3 is 0 Å². The van der Waals surface area contributed by atoms with E-state index in [1.165, 1.54) is 29.6 Å². The minimum absolute atomic E-state index is 0.0621. The summed E-state index contributed by atoms with van der Waals surface area (Å²) in [7, 11) is 1.58. The lowest BCUT2D eigenvalue weighted by atomic mass is 9.85. The van der Waals surface area contributed by atoms with Gasteiger partial charge in [-0.05, 0) is 76.4 Å². The van der Waals surface area contributed by atoms with E-state index in [2.05, 4.69) is 9.80 Å². The molecule has 3 saturated heterocycles. The molecule has 48 heavy (non-hydrogen) atoms. The van der Waals surface area contributed by atoms with E-state index in [-0.39, 0.29) is 59.4 Å². The first kappa shape index (κ1) is 36.6. The maximum atomic E-state index is 13.6. The number of aliphatic hydroxyl groups excluding tert-OH is 1. The zero-order valence-electron chi connectivity index (χ0n) is 29.4. The van der Waals surface area contributed by atoms with Crippen molar-refractivity contribution in [2.24, 2.45) is 5.92 Å². The number of ketones is 1. The Balaban J connectivity index is 1.14. The molecule has 3 fully saturated rings. The Labute approximate surface area is 285 Å². The Bertz CT molecular complexity index is 1630. The van der Waals surface area contributed by atoms with Gasteiger partial charge in [0.15, 0.2) is 5.78 Å². The number of pyridine rings is 1. The Morgan fingerprint density at radius 2 is 1.69 bits per heavy atom. The Morgan fingerprint density at radius 1 is 1.02 bits per heavy atom. The zero-order chi connectivity index (χ0) is 34.9. The van der Waals surface area contributed by atoms with Crippen LogP contribution in [0.25, 0.3) is 10.9 Å². The van der Waals surface area contributed by atoms with Crippen molar-refractivity contribution >= 4 is 32.8 Å². The van der Waals surface area contributed by atoms with Crippen LogP contribution in [0.3, 0.4) is 0 Å². The summed E-state index contributed by atoms with van der Waals surface area (Å²) in [4.78, 5) is 45.7. The van der Waals surface area contributed by atoms with Crippen LogP contribution < -0.4 is 5.56 Å². The Morgan fingerprint density at radius 3 is 2.31 bits per heavy atom. The predicted octanol–water partition coefficient (Wildman–Crippen LogP) is 2.42. The normalized spacial score (nSPS) is 24.3. The second-order valence-corrected chi connectivity index (χ2v) is 16.8. The van der Waals surface area contributed by atoms with Crippen molar-refractivity contribution in [2.45, 2.75) is 89.6 Å². The fourth-order valence-corrected chi connectivity index (χ4v) is 9.28. The number of hydrogen-bond acceptors (Lipinski definition) is 8. The van der Waals surface area contributed by atoms with Crippen LogP contribution in [-0.4, -0.2) is 138 Å². The number of carbonyl (C=O) groups is 2.